The number of halogens is 3. The molecule has 0 unspecified atom stereocenters. The summed E-state index contributed by atoms with van der Waals surface area (Å²) in [5.41, 5.74) is 6.99. The van der Waals surface area contributed by atoms with Crippen molar-refractivity contribution in [3.63, 3.8) is 0 Å². The second kappa shape index (κ2) is 15.7. The van der Waals surface area contributed by atoms with E-state index in [9.17, 15) is 0 Å². The highest BCUT2D eigenvalue weighted by Gasteiger charge is 2.06. The summed E-state index contributed by atoms with van der Waals surface area (Å²) in [4.78, 5) is 0. The van der Waals surface area contributed by atoms with E-state index in [4.69, 9.17) is 5.73 Å². The Labute approximate surface area is 193 Å². The number of benzene rings is 3. The maximum Gasteiger partial charge on any atom is 0.00767 e. The Kier molecular flexibility index (Phi) is 15.1. The Bertz CT molecular complexity index is 773. The zero-order chi connectivity index (χ0) is 18.0. The van der Waals surface area contributed by atoms with Crippen LogP contribution in [0.15, 0.2) is 54.6 Å². The molecule has 3 aromatic rings. The van der Waals surface area contributed by atoms with Gasteiger partial charge in [-0.2, -0.15) is 0 Å². The molecule has 0 aliphatic carbocycles. The summed E-state index contributed by atoms with van der Waals surface area (Å²) < 4.78 is 0. The zero-order valence-electron chi connectivity index (χ0n) is 16.9. The highest BCUT2D eigenvalue weighted by molar-refractivity contribution is 6.02. The van der Waals surface area contributed by atoms with Crippen LogP contribution >= 0.6 is 37.2 Å². The van der Waals surface area contributed by atoms with Crippen molar-refractivity contribution in [2.45, 2.75) is 25.7 Å². The Morgan fingerprint density at radius 3 is 1.69 bits per heavy atom. The topological polar surface area (TPSA) is 50.1 Å². The van der Waals surface area contributed by atoms with Gasteiger partial charge in [0.1, 0.15) is 0 Å². The molecule has 3 aromatic carbocycles. The quantitative estimate of drug-likeness (QED) is 0.276. The fourth-order valence-electron chi connectivity index (χ4n) is 3.59. The van der Waals surface area contributed by atoms with E-state index in [-0.39, 0.29) is 37.2 Å². The molecule has 0 aliphatic rings. The lowest BCUT2D eigenvalue weighted by Gasteiger charge is -2.12. The van der Waals surface area contributed by atoms with Crippen LogP contribution in [-0.4, -0.2) is 32.7 Å². The van der Waals surface area contributed by atoms with Gasteiger partial charge in [-0.3, -0.25) is 0 Å². The van der Waals surface area contributed by atoms with Crippen LogP contribution in [0.4, 0.5) is 0 Å². The lowest BCUT2D eigenvalue weighted by Crippen LogP contribution is -2.28. The number of nitrogens with one attached hydrogen (secondary N) is 2. The molecule has 162 valence electrons. The molecule has 3 nitrogen and oxygen atoms in total. The first-order valence-corrected chi connectivity index (χ1v) is 9.91. The zero-order valence-corrected chi connectivity index (χ0v) is 19.3. The SMILES string of the molecule is Cl.Cl.Cl.NCCCCNCCNCCCc1c2ccccc2cc2ccccc12. The molecule has 29 heavy (non-hydrogen) atoms. The molecule has 3 rings (SSSR count). The van der Waals surface area contributed by atoms with Gasteiger partial charge in [-0.05, 0) is 78.5 Å². The van der Waals surface area contributed by atoms with E-state index in [0.717, 1.165) is 52.0 Å². The summed E-state index contributed by atoms with van der Waals surface area (Å²) >= 11 is 0. The van der Waals surface area contributed by atoms with Gasteiger partial charge in [0.2, 0.25) is 0 Å². The third-order valence-corrected chi connectivity index (χ3v) is 4.95. The van der Waals surface area contributed by atoms with Crippen LogP contribution in [0.25, 0.3) is 21.5 Å². The fraction of sp³-hybridized carbons (Fsp3) is 0.391. The lowest BCUT2D eigenvalue weighted by molar-refractivity contribution is 0.579. The second-order valence-corrected chi connectivity index (χ2v) is 6.90. The summed E-state index contributed by atoms with van der Waals surface area (Å²) in [6.45, 7) is 4.98. The highest BCUT2D eigenvalue weighted by Crippen LogP contribution is 2.29. The van der Waals surface area contributed by atoms with Crippen molar-refractivity contribution in [2.75, 3.05) is 32.7 Å². The van der Waals surface area contributed by atoms with Crippen molar-refractivity contribution in [1.29, 1.82) is 0 Å². The predicted octanol–water partition coefficient (Wildman–Crippen LogP) is 5.11. The molecule has 6 heteroatoms. The predicted molar refractivity (Wildman–Crippen MR) is 136 cm³/mol. The van der Waals surface area contributed by atoms with E-state index < -0.39 is 0 Å². The number of rotatable bonds is 11. The minimum atomic E-state index is 0. The van der Waals surface area contributed by atoms with Crippen LogP contribution < -0.4 is 16.4 Å². The van der Waals surface area contributed by atoms with Crippen LogP contribution in [0.2, 0.25) is 0 Å². The average molecular weight is 459 g/mol. The van der Waals surface area contributed by atoms with Gasteiger partial charge >= 0.3 is 0 Å². The van der Waals surface area contributed by atoms with Crippen molar-refractivity contribution in [3.8, 4) is 0 Å². The third-order valence-electron chi connectivity index (χ3n) is 4.95. The van der Waals surface area contributed by atoms with Gasteiger partial charge in [0.15, 0.2) is 0 Å². The standard InChI is InChI=1S/C23H31N3.3ClH/c24-13-5-6-14-25-16-17-26-15-7-12-23-21-10-3-1-8-19(21)18-20-9-2-4-11-22(20)23;;;/h1-4,8-11,18,25-26H,5-7,12-17,24H2;3*1H. The summed E-state index contributed by atoms with van der Waals surface area (Å²) in [5.74, 6) is 0. The maximum atomic E-state index is 5.50. The van der Waals surface area contributed by atoms with Gasteiger partial charge in [0.25, 0.3) is 0 Å². The number of hydrogen-bond acceptors (Lipinski definition) is 3. The van der Waals surface area contributed by atoms with Gasteiger partial charge in [0.05, 0.1) is 0 Å². The number of fused-ring (bicyclic) bond motifs is 2. The smallest absolute Gasteiger partial charge is 0.00767 e. The molecule has 0 saturated heterocycles. The van der Waals surface area contributed by atoms with Crippen molar-refractivity contribution >= 4 is 58.8 Å². The number of nitrogens with two attached hydrogens (primary N) is 1. The number of unbranched alkanes of at least 4 members (excludes halogenated alkanes) is 1. The largest absolute Gasteiger partial charge is 0.330 e. The Morgan fingerprint density at radius 2 is 1.14 bits per heavy atom. The van der Waals surface area contributed by atoms with E-state index in [1.807, 2.05) is 0 Å². The van der Waals surface area contributed by atoms with Gasteiger partial charge in [0, 0.05) is 13.1 Å². The first kappa shape index (κ1) is 27.9. The van der Waals surface area contributed by atoms with Crippen LogP contribution in [0, 0.1) is 0 Å². The maximum absolute atomic E-state index is 5.50. The summed E-state index contributed by atoms with van der Waals surface area (Å²) in [6, 6.07) is 19.8. The van der Waals surface area contributed by atoms with Gasteiger partial charge in [-0.1, -0.05) is 48.5 Å². The van der Waals surface area contributed by atoms with Crippen LogP contribution in [0.3, 0.4) is 0 Å². The average Bonchev–Trinajstić information content (AvgIpc) is 2.68. The molecular formula is C23H34Cl3N3. The minimum absolute atomic E-state index is 0. The molecule has 0 heterocycles. The molecule has 0 amide bonds. The van der Waals surface area contributed by atoms with Crippen molar-refractivity contribution in [3.05, 3.63) is 60.2 Å². The van der Waals surface area contributed by atoms with E-state index in [0.29, 0.717) is 0 Å². The Hall–Kier alpha value is -1.07. The van der Waals surface area contributed by atoms with Crippen LogP contribution in [0.1, 0.15) is 24.8 Å². The molecule has 0 aliphatic heterocycles. The van der Waals surface area contributed by atoms with Crippen molar-refractivity contribution in [1.82, 2.24) is 10.6 Å². The molecule has 0 radical (unpaired) electrons. The molecule has 4 N–H and O–H groups in total. The number of hydrogen-bond donors (Lipinski definition) is 3. The van der Waals surface area contributed by atoms with E-state index in [2.05, 4.69) is 65.2 Å². The van der Waals surface area contributed by atoms with Crippen LogP contribution in [0.5, 0.6) is 0 Å². The summed E-state index contributed by atoms with van der Waals surface area (Å²) in [5, 5.41) is 12.5. The molecule has 0 atom stereocenters. The van der Waals surface area contributed by atoms with Crippen molar-refractivity contribution < 1.29 is 0 Å². The Balaban J connectivity index is 0.00000261. The van der Waals surface area contributed by atoms with Gasteiger partial charge in [-0.25, -0.2) is 0 Å². The second-order valence-electron chi connectivity index (χ2n) is 6.90. The molecule has 0 bridgehead atoms. The normalized spacial score (nSPS) is 10.2. The lowest BCUT2D eigenvalue weighted by atomic mass is 9.94. The fourth-order valence-corrected chi connectivity index (χ4v) is 3.59. The molecule has 0 aromatic heterocycles. The Morgan fingerprint density at radius 1 is 0.621 bits per heavy atom. The van der Waals surface area contributed by atoms with Crippen LogP contribution in [-0.2, 0) is 6.42 Å². The van der Waals surface area contributed by atoms with E-state index in [1.165, 1.54) is 33.5 Å². The van der Waals surface area contributed by atoms with Gasteiger partial charge in [-0.15, -0.1) is 37.2 Å². The molecular weight excluding hydrogens is 425 g/mol. The molecule has 0 spiro atoms. The van der Waals surface area contributed by atoms with Gasteiger partial charge < -0.3 is 16.4 Å². The monoisotopic (exact) mass is 457 g/mol. The molecule has 0 saturated carbocycles. The number of aryl methyl sites for hydroxylation is 1. The van der Waals surface area contributed by atoms with Crippen molar-refractivity contribution in [2.24, 2.45) is 5.73 Å². The first-order chi connectivity index (χ1) is 12.9. The first-order valence-electron chi connectivity index (χ1n) is 9.91. The summed E-state index contributed by atoms with van der Waals surface area (Å²) in [6.07, 6.45) is 4.55. The molecule has 0 fully saturated rings. The van der Waals surface area contributed by atoms with E-state index >= 15 is 0 Å². The summed E-state index contributed by atoms with van der Waals surface area (Å²) in [7, 11) is 0. The van der Waals surface area contributed by atoms with E-state index in [1.54, 1.807) is 0 Å². The third kappa shape index (κ3) is 8.29. The highest BCUT2D eigenvalue weighted by atomic mass is 35.5. The minimum Gasteiger partial charge on any atom is -0.330 e.